The predicted octanol–water partition coefficient (Wildman–Crippen LogP) is -0.146. The van der Waals surface area contributed by atoms with Crippen LogP contribution in [-0.2, 0) is 14.3 Å². The smallest absolute Gasteiger partial charge is 0.247 e. The minimum Gasteiger partial charge on any atom is -0.379 e. The fourth-order valence-corrected chi connectivity index (χ4v) is 2.35. The average Bonchev–Trinajstić information content (AvgIpc) is 2.55. The molecule has 5 nitrogen and oxygen atoms in total. The maximum Gasteiger partial charge on any atom is 0.247 e. The number of carbonyl (C=O) groups excluding carboxylic acids is 2. The highest BCUT2D eigenvalue weighted by Gasteiger charge is 2.43. The summed E-state index contributed by atoms with van der Waals surface area (Å²) in [6, 6.07) is -0.287. The van der Waals surface area contributed by atoms with Crippen molar-refractivity contribution in [1.82, 2.24) is 9.80 Å². The van der Waals surface area contributed by atoms with Crippen LogP contribution >= 0.6 is 0 Å². The van der Waals surface area contributed by atoms with Crippen LogP contribution in [0.2, 0.25) is 0 Å². The topological polar surface area (TPSA) is 49.9 Å². The standard InChI is InChI=1S/C11H18N2O3/c1-8(2)13-10(14)7-9(11(13)15)12-3-5-16-6-4-12/h8-9H,3-7H2,1-2H3/t9-/m1/s1. The molecule has 0 N–H and O–H groups in total. The lowest BCUT2D eigenvalue weighted by Crippen LogP contribution is -2.48. The number of amides is 2. The van der Waals surface area contributed by atoms with Gasteiger partial charge in [-0.15, -0.1) is 0 Å². The van der Waals surface area contributed by atoms with Crippen LogP contribution in [0.5, 0.6) is 0 Å². The summed E-state index contributed by atoms with van der Waals surface area (Å²) in [7, 11) is 0. The first-order valence-corrected chi connectivity index (χ1v) is 5.79. The molecule has 0 spiro atoms. The Morgan fingerprint density at radius 3 is 2.38 bits per heavy atom. The van der Waals surface area contributed by atoms with E-state index in [0.717, 1.165) is 13.1 Å². The SMILES string of the molecule is CC(C)N1C(=O)C[C@@H](N2CCOCC2)C1=O. The van der Waals surface area contributed by atoms with E-state index in [-0.39, 0.29) is 23.9 Å². The Balaban J connectivity index is 2.07. The Bertz CT molecular complexity index is 298. The van der Waals surface area contributed by atoms with Gasteiger partial charge in [-0.1, -0.05) is 0 Å². The first kappa shape index (κ1) is 11.5. The number of carbonyl (C=O) groups is 2. The highest BCUT2D eigenvalue weighted by atomic mass is 16.5. The molecule has 2 rings (SSSR count). The number of hydrogen-bond donors (Lipinski definition) is 0. The molecule has 0 aliphatic carbocycles. The lowest BCUT2D eigenvalue weighted by Gasteiger charge is -2.30. The van der Waals surface area contributed by atoms with E-state index in [0.29, 0.717) is 19.6 Å². The van der Waals surface area contributed by atoms with E-state index < -0.39 is 0 Å². The van der Waals surface area contributed by atoms with Gasteiger partial charge in [-0.2, -0.15) is 0 Å². The van der Waals surface area contributed by atoms with Crippen LogP contribution in [0.25, 0.3) is 0 Å². The van der Waals surface area contributed by atoms with Gasteiger partial charge in [-0.25, -0.2) is 0 Å². The summed E-state index contributed by atoms with van der Waals surface area (Å²) in [6.07, 6.45) is 0.330. The quantitative estimate of drug-likeness (QED) is 0.615. The zero-order valence-corrected chi connectivity index (χ0v) is 9.81. The maximum atomic E-state index is 12.1. The lowest BCUT2D eigenvalue weighted by molar-refractivity contribution is -0.142. The van der Waals surface area contributed by atoms with Gasteiger partial charge < -0.3 is 4.74 Å². The number of hydrogen-bond acceptors (Lipinski definition) is 4. The molecule has 2 aliphatic rings. The van der Waals surface area contributed by atoms with Crippen molar-refractivity contribution in [2.45, 2.75) is 32.4 Å². The second-order valence-electron chi connectivity index (χ2n) is 4.56. The van der Waals surface area contributed by atoms with Gasteiger partial charge in [0.2, 0.25) is 11.8 Å². The Labute approximate surface area is 95.3 Å². The number of imide groups is 1. The number of rotatable bonds is 2. The fraction of sp³-hybridized carbons (Fsp3) is 0.818. The highest BCUT2D eigenvalue weighted by molar-refractivity contribution is 6.05. The van der Waals surface area contributed by atoms with E-state index in [2.05, 4.69) is 4.90 Å². The maximum absolute atomic E-state index is 12.1. The molecule has 2 fully saturated rings. The normalized spacial score (nSPS) is 28.2. The summed E-state index contributed by atoms with van der Waals surface area (Å²) < 4.78 is 5.24. The van der Waals surface area contributed by atoms with E-state index in [1.807, 2.05) is 13.8 Å². The van der Waals surface area contributed by atoms with Crippen molar-refractivity contribution in [1.29, 1.82) is 0 Å². The Morgan fingerprint density at radius 1 is 1.25 bits per heavy atom. The minimum absolute atomic E-state index is 0.0361. The van der Waals surface area contributed by atoms with Gasteiger partial charge in [0.15, 0.2) is 0 Å². The molecule has 0 aromatic heterocycles. The molecule has 0 saturated carbocycles. The molecule has 90 valence electrons. The van der Waals surface area contributed by atoms with Gasteiger partial charge in [0, 0.05) is 19.1 Å². The molecular weight excluding hydrogens is 208 g/mol. The first-order chi connectivity index (χ1) is 7.61. The van der Waals surface area contributed by atoms with Crippen LogP contribution in [0.4, 0.5) is 0 Å². The summed E-state index contributed by atoms with van der Waals surface area (Å²) >= 11 is 0. The molecule has 2 saturated heterocycles. The van der Waals surface area contributed by atoms with Crippen molar-refractivity contribution in [3.05, 3.63) is 0 Å². The Morgan fingerprint density at radius 2 is 1.88 bits per heavy atom. The van der Waals surface area contributed by atoms with Crippen LogP contribution in [0.1, 0.15) is 20.3 Å². The van der Waals surface area contributed by atoms with E-state index >= 15 is 0 Å². The monoisotopic (exact) mass is 226 g/mol. The van der Waals surface area contributed by atoms with Gasteiger partial charge in [-0.3, -0.25) is 19.4 Å². The Hall–Kier alpha value is -0.940. The largest absolute Gasteiger partial charge is 0.379 e. The van der Waals surface area contributed by atoms with Crippen LogP contribution in [0, 0.1) is 0 Å². The molecule has 5 heteroatoms. The molecule has 0 radical (unpaired) electrons. The summed E-state index contributed by atoms with van der Waals surface area (Å²) in [5.74, 6) is -0.0848. The summed E-state index contributed by atoms with van der Waals surface area (Å²) in [6.45, 7) is 6.54. The lowest BCUT2D eigenvalue weighted by atomic mass is 10.2. The highest BCUT2D eigenvalue weighted by Crippen LogP contribution is 2.21. The molecule has 2 heterocycles. The second kappa shape index (κ2) is 4.51. The minimum atomic E-state index is -0.251. The third kappa shape index (κ3) is 1.97. The van der Waals surface area contributed by atoms with E-state index in [1.165, 1.54) is 4.90 Å². The van der Waals surface area contributed by atoms with Gasteiger partial charge >= 0.3 is 0 Å². The van der Waals surface area contributed by atoms with Crippen LogP contribution < -0.4 is 0 Å². The first-order valence-electron chi connectivity index (χ1n) is 5.79. The van der Waals surface area contributed by atoms with Crippen LogP contribution in [-0.4, -0.2) is 60.0 Å². The third-order valence-corrected chi connectivity index (χ3v) is 3.16. The van der Waals surface area contributed by atoms with E-state index in [9.17, 15) is 9.59 Å². The van der Waals surface area contributed by atoms with Crippen LogP contribution in [0.3, 0.4) is 0 Å². The summed E-state index contributed by atoms with van der Waals surface area (Å²) in [5, 5.41) is 0. The van der Waals surface area contributed by atoms with Crippen molar-refractivity contribution in [3.63, 3.8) is 0 Å². The molecule has 2 amide bonds. The van der Waals surface area contributed by atoms with E-state index in [4.69, 9.17) is 4.74 Å². The fourth-order valence-electron chi connectivity index (χ4n) is 2.35. The zero-order valence-electron chi connectivity index (χ0n) is 9.81. The van der Waals surface area contributed by atoms with Crippen molar-refractivity contribution >= 4 is 11.8 Å². The van der Waals surface area contributed by atoms with Crippen molar-refractivity contribution in [2.75, 3.05) is 26.3 Å². The summed E-state index contributed by atoms with van der Waals surface area (Å²) in [4.78, 5) is 27.3. The molecular formula is C11H18N2O3. The molecule has 0 unspecified atom stereocenters. The number of nitrogens with zero attached hydrogens (tertiary/aromatic N) is 2. The molecule has 1 atom stereocenters. The van der Waals surface area contributed by atoms with Gasteiger partial charge in [0.1, 0.15) is 0 Å². The zero-order chi connectivity index (χ0) is 11.7. The van der Waals surface area contributed by atoms with Crippen molar-refractivity contribution < 1.29 is 14.3 Å². The van der Waals surface area contributed by atoms with Crippen molar-refractivity contribution in [3.8, 4) is 0 Å². The van der Waals surface area contributed by atoms with Gasteiger partial charge in [0.05, 0.1) is 25.7 Å². The van der Waals surface area contributed by atoms with E-state index in [1.54, 1.807) is 0 Å². The number of ether oxygens (including phenoxy) is 1. The number of likely N-dealkylation sites (tertiary alicyclic amines) is 1. The summed E-state index contributed by atoms with van der Waals surface area (Å²) in [5.41, 5.74) is 0. The second-order valence-corrected chi connectivity index (χ2v) is 4.56. The molecule has 2 aliphatic heterocycles. The Kier molecular flexibility index (Phi) is 3.25. The van der Waals surface area contributed by atoms with Crippen molar-refractivity contribution in [2.24, 2.45) is 0 Å². The van der Waals surface area contributed by atoms with Gasteiger partial charge in [0.25, 0.3) is 0 Å². The van der Waals surface area contributed by atoms with Crippen LogP contribution in [0.15, 0.2) is 0 Å². The third-order valence-electron chi connectivity index (χ3n) is 3.16. The number of morpholine rings is 1. The molecule has 16 heavy (non-hydrogen) atoms. The predicted molar refractivity (Wildman–Crippen MR) is 57.8 cm³/mol. The molecule has 0 aromatic carbocycles. The van der Waals surface area contributed by atoms with Gasteiger partial charge in [-0.05, 0) is 13.8 Å². The average molecular weight is 226 g/mol. The molecule has 0 bridgehead atoms. The molecule has 0 aromatic rings.